The molecule has 98 valence electrons. The molecule has 0 bridgehead atoms. The molecular weight excluding hydrogens is 324 g/mol. The predicted molar refractivity (Wildman–Crippen MR) is 81.7 cm³/mol. The van der Waals surface area contributed by atoms with Gasteiger partial charge in [0.2, 0.25) is 0 Å². The molecule has 0 saturated carbocycles. The molecule has 0 aliphatic carbocycles. The highest BCUT2D eigenvalue weighted by atomic mass is 79.9. The van der Waals surface area contributed by atoms with Crippen LogP contribution >= 0.6 is 27.3 Å². The molecule has 2 rings (SSSR count). The summed E-state index contributed by atoms with van der Waals surface area (Å²) in [5.41, 5.74) is 0.898. The molecule has 2 aromatic rings. The zero-order valence-corrected chi connectivity index (χ0v) is 13.0. The lowest BCUT2D eigenvalue weighted by Gasteiger charge is -2.11. The Hall–Kier alpha value is -1.51. The molecule has 0 amide bonds. The number of aryl methyl sites for hydroxylation is 1. The van der Waals surface area contributed by atoms with E-state index >= 15 is 0 Å². The van der Waals surface area contributed by atoms with E-state index < -0.39 is 0 Å². The van der Waals surface area contributed by atoms with E-state index in [9.17, 15) is 5.26 Å². The smallest absolute Gasteiger partial charge is 0.149 e. The summed E-state index contributed by atoms with van der Waals surface area (Å²) < 4.78 is 6.15. The lowest BCUT2D eigenvalue weighted by atomic mass is 10.2. The number of nitrogens with one attached hydrogen (secondary N) is 1. The minimum atomic E-state index is -0.344. The molecule has 1 heterocycles. The van der Waals surface area contributed by atoms with E-state index in [1.165, 1.54) is 4.88 Å². The minimum Gasteiger partial charge on any atom is -0.497 e. The third kappa shape index (κ3) is 3.28. The van der Waals surface area contributed by atoms with Crippen molar-refractivity contribution in [3.8, 4) is 11.8 Å². The van der Waals surface area contributed by atoms with Gasteiger partial charge in [-0.15, -0.1) is 11.3 Å². The van der Waals surface area contributed by atoms with Gasteiger partial charge in [0.25, 0.3) is 0 Å². The summed E-state index contributed by atoms with van der Waals surface area (Å²) in [5, 5.41) is 12.5. The molecule has 0 fully saturated rings. The Morgan fingerprint density at radius 3 is 2.53 bits per heavy atom. The van der Waals surface area contributed by atoms with Crippen LogP contribution in [0.1, 0.15) is 15.8 Å². The van der Waals surface area contributed by atoms with E-state index in [1.807, 2.05) is 37.3 Å². The number of ether oxygens (including phenoxy) is 1. The summed E-state index contributed by atoms with van der Waals surface area (Å²) in [5.74, 6) is 0.800. The Morgan fingerprint density at radius 2 is 2.05 bits per heavy atom. The van der Waals surface area contributed by atoms with Crippen LogP contribution in [0.3, 0.4) is 0 Å². The maximum atomic E-state index is 9.30. The van der Waals surface area contributed by atoms with Gasteiger partial charge >= 0.3 is 0 Å². The van der Waals surface area contributed by atoms with Crippen molar-refractivity contribution in [3.63, 3.8) is 0 Å². The maximum absolute atomic E-state index is 9.30. The Kier molecular flexibility index (Phi) is 4.46. The molecule has 0 spiro atoms. The zero-order chi connectivity index (χ0) is 13.8. The molecule has 0 aliphatic heterocycles. The van der Waals surface area contributed by atoms with Gasteiger partial charge in [-0.3, -0.25) is 0 Å². The number of methoxy groups -OCH3 is 1. The lowest BCUT2D eigenvalue weighted by Crippen LogP contribution is -2.06. The van der Waals surface area contributed by atoms with Gasteiger partial charge in [-0.1, -0.05) is 0 Å². The fourth-order valence-corrected chi connectivity index (χ4v) is 3.20. The molecule has 1 N–H and O–H groups in total. The van der Waals surface area contributed by atoms with Crippen LogP contribution in [-0.2, 0) is 0 Å². The monoisotopic (exact) mass is 336 g/mol. The number of rotatable bonds is 4. The SMILES string of the molecule is COc1ccc(NC(C#N)c2cc(Br)c(C)s2)cc1. The Morgan fingerprint density at radius 1 is 1.37 bits per heavy atom. The molecule has 0 radical (unpaired) electrons. The number of thiophene rings is 1. The summed E-state index contributed by atoms with van der Waals surface area (Å²) in [7, 11) is 1.63. The van der Waals surface area contributed by atoms with Gasteiger partial charge < -0.3 is 10.1 Å². The Balaban J connectivity index is 2.17. The van der Waals surface area contributed by atoms with Crippen molar-refractivity contribution in [2.24, 2.45) is 0 Å². The van der Waals surface area contributed by atoms with Crippen LogP contribution in [0.25, 0.3) is 0 Å². The van der Waals surface area contributed by atoms with E-state index in [-0.39, 0.29) is 6.04 Å². The maximum Gasteiger partial charge on any atom is 0.149 e. The normalized spacial score (nSPS) is 11.7. The lowest BCUT2D eigenvalue weighted by molar-refractivity contribution is 0.415. The molecule has 1 unspecified atom stereocenters. The van der Waals surface area contributed by atoms with Gasteiger partial charge in [0.1, 0.15) is 11.8 Å². The van der Waals surface area contributed by atoms with Gasteiger partial charge in [-0.05, 0) is 53.2 Å². The van der Waals surface area contributed by atoms with Gasteiger partial charge in [0, 0.05) is 19.9 Å². The second kappa shape index (κ2) is 6.09. The van der Waals surface area contributed by atoms with Crippen molar-refractivity contribution in [3.05, 3.63) is 44.6 Å². The van der Waals surface area contributed by atoms with Gasteiger partial charge in [-0.25, -0.2) is 0 Å². The van der Waals surface area contributed by atoms with E-state index in [4.69, 9.17) is 4.74 Å². The topological polar surface area (TPSA) is 45.0 Å². The van der Waals surface area contributed by atoms with Crippen LogP contribution in [0.5, 0.6) is 5.75 Å². The summed E-state index contributed by atoms with van der Waals surface area (Å²) in [6, 6.07) is 11.5. The van der Waals surface area contributed by atoms with Crippen molar-refractivity contribution in [2.45, 2.75) is 13.0 Å². The molecular formula is C14H13BrN2OS. The van der Waals surface area contributed by atoms with Crippen molar-refractivity contribution in [1.29, 1.82) is 5.26 Å². The molecule has 1 aromatic carbocycles. The average Bonchev–Trinajstić information content (AvgIpc) is 2.76. The fraction of sp³-hybridized carbons (Fsp3) is 0.214. The molecule has 1 atom stereocenters. The first kappa shape index (κ1) is 13.9. The number of hydrogen-bond acceptors (Lipinski definition) is 4. The van der Waals surface area contributed by atoms with E-state index in [2.05, 4.69) is 27.3 Å². The highest BCUT2D eigenvalue weighted by Crippen LogP contribution is 2.32. The van der Waals surface area contributed by atoms with Crippen LogP contribution in [0, 0.1) is 18.3 Å². The van der Waals surface area contributed by atoms with Gasteiger partial charge in [0.15, 0.2) is 0 Å². The first-order valence-electron chi connectivity index (χ1n) is 5.70. The first-order valence-corrected chi connectivity index (χ1v) is 7.31. The number of hydrogen-bond donors (Lipinski definition) is 1. The van der Waals surface area contributed by atoms with E-state index in [1.54, 1.807) is 18.4 Å². The molecule has 0 saturated heterocycles. The van der Waals surface area contributed by atoms with Crippen molar-refractivity contribution in [2.75, 3.05) is 12.4 Å². The molecule has 0 aliphatic rings. The fourth-order valence-electron chi connectivity index (χ4n) is 1.64. The number of benzene rings is 1. The summed E-state index contributed by atoms with van der Waals surface area (Å²) >= 11 is 5.09. The summed E-state index contributed by atoms with van der Waals surface area (Å²) in [6.45, 7) is 2.03. The van der Waals surface area contributed by atoms with E-state index in [0.29, 0.717) is 0 Å². The third-order valence-corrected chi connectivity index (χ3v) is 4.89. The van der Waals surface area contributed by atoms with Gasteiger partial charge in [-0.2, -0.15) is 5.26 Å². The highest BCUT2D eigenvalue weighted by Gasteiger charge is 2.14. The predicted octanol–water partition coefficient (Wildman–Crippen LogP) is 4.50. The molecule has 3 nitrogen and oxygen atoms in total. The van der Waals surface area contributed by atoms with Crippen molar-refractivity contribution < 1.29 is 4.74 Å². The quantitative estimate of drug-likeness (QED) is 0.893. The van der Waals surface area contributed by atoms with Crippen LogP contribution in [0.4, 0.5) is 5.69 Å². The Bertz CT molecular complexity index is 581. The van der Waals surface area contributed by atoms with Crippen LogP contribution in [0.15, 0.2) is 34.8 Å². The molecule has 1 aromatic heterocycles. The Labute approximate surface area is 125 Å². The average molecular weight is 337 g/mol. The zero-order valence-electron chi connectivity index (χ0n) is 10.6. The number of anilines is 1. The summed E-state index contributed by atoms with van der Waals surface area (Å²) in [4.78, 5) is 2.18. The largest absolute Gasteiger partial charge is 0.497 e. The van der Waals surface area contributed by atoms with Crippen molar-refractivity contribution >= 4 is 33.0 Å². The number of halogens is 1. The van der Waals surface area contributed by atoms with Gasteiger partial charge in [0.05, 0.1) is 13.2 Å². The standard InChI is InChI=1S/C14H13BrN2OS/c1-9-12(15)7-14(19-9)13(8-16)17-10-3-5-11(18-2)6-4-10/h3-7,13,17H,1-2H3. The van der Waals surface area contributed by atoms with Crippen LogP contribution in [-0.4, -0.2) is 7.11 Å². The number of nitriles is 1. The third-order valence-electron chi connectivity index (χ3n) is 2.69. The molecule has 5 heteroatoms. The first-order chi connectivity index (χ1) is 9.13. The molecule has 19 heavy (non-hydrogen) atoms. The second-order valence-electron chi connectivity index (χ2n) is 3.99. The summed E-state index contributed by atoms with van der Waals surface area (Å²) in [6.07, 6.45) is 0. The highest BCUT2D eigenvalue weighted by molar-refractivity contribution is 9.10. The van der Waals surface area contributed by atoms with Crippen LogP contribution in [0.2, 0.25) is 0 Å². The van der Waals surface area contributed by atoms with Crippen molar-refractivity contribution in [1.82, 2.24) is 0 Å². The number of nitrogens with zero attached hydrogens (tertiary/aromatic N) is 1. The van der Waals surface area contributed by atoms with E-state index in [0.717, 1.165) is 20.8 Å². The second-order valence-corrected chi connectivity index (χ2v) is 6.13. The minimum absolute atomic E-state index is 0.344. The van der Waals surface area contributed by atoms with Crippen LogP contribution < -0.4 is 10.1 Å².